The second-order valence-electron chi connectivity index (χ2n) is 5.99. The molecular weight excluding hydrogens is 360 g/mol. The van der Waals surface area contributed by atoms with Gasteiger partial charge in [-0.1, -0.05) is 6.92 Å². The lowest BCUT2D eigenvalue weighted by Crippen LogP contribution is -2.49. The molecule has 1 aromatic rings. The zero-order valence-corrected chi connectivity index (χ0v) is 15.9. The maximum Gasteiger partial charge on any atom is 0.327 e. The third-order valence-corrected chi connectivity index (χ3v) is 4.92. The van der Waals surface area contributed by atoms with Crippen LogP contribution in [0.15, 0.2) is 29.2 Å². The van der Waals surface area contributed by atoms with Crippen molar-refractivity contribution in [3.05, 3.63) is 29.8 Å². The second kappa shape index (κ2) is 9.30. The number of hydrazine groups is 1. The number of hydrogen-bond acceptors (Lipinski definition) is 5. The molecule has 144 valence electrons. The van der Waals surface area contributed by atoms with Crippen LogP contribution in [0.25, 0.3) is 0 Å². The van der Waals surface area contributed by atoms with Crippen LogP contribution in [0.5, 0.6) is 0 Å². The van der Waals surface area contributed by atoms with Gasteiger partial charge in [-0.25, -0.2) is 13.1 Å². The highest BCUT2D eigenvalue weighted by molar-refractivity contribution is 7.89. The van der Waals surface area contributed by atoms with E-state index < -0.39 is 27.7 Å². The summed E-state index contributed by atoms with van der Waals surface area (Å²) in [6, 6.07) is 4.75. The summed E-state index contributed by atoms with van der Waals surface area (Å²) in [4.78, 5) is 34.9. The van der Waals surface area contributed by atoms with Gasteiger partial charge < -0.3 is 5.32 Å². The number of amides is 3. The Balaban J connectivity index is 2.69. The Morgan fingerprint density at radius 1 is 0.962 bits per heavy atom. The zero-order chi connectivity index (χ0) is 19.9. The van der Waals surface area contributed by atoms with Gasteiger partial charge >= 0.3 is 11.8 Å². The molecule has 0 bridgehead atoms. The molecule has 1 atom stereocenters. The monoisotopic (exact) mass is 384 g/mol. The molecule has 0 aliphatic heterocycles. The minimum Gasteiger partial charge on any atom is -0.346 e. The van der Waals surface area contributed by atoms with Crippen molar-refractivity contribution in [2.24, 2.45) is 0 Å². The SMILES string of the molecule is CC[C@@H](C)NS(=O)(=O)c1ccc(C(=O)NNC(=O)C(=O)NC(C)C)cc1. The summed E-state index contributed by atoms with van der Waals surface area (Å²) in [5, 5.41) is 2.37. The fourth-order valence-electron chi connectivity index (χ4n) is 1.77. The Labute approximate surface area is 152 Å². The lowest BCUT2D eigenvalue weighted by Gasteiger charge is -2.12. The van der Waals surface area contributed by atoms with Crippen LogP contribution in [-0.4, -0.2) is 38.2 Å². The molecule has 0 aliphatic carbocycles. The van der Waals surface area contributed by atoms with Crippen molar-refractivity contribution in [2.45, 2.75) is 51.1 Å². The van der Waals surface area contributed by atoms with E-state index in [1.807, 2.05) is 12.3 Å². The van der Waals surface area contributed by atoms with Gasteiger partial charge in [0.15, 0.2) is 0 Å². The van der Waals surface area contributed by atoms with Crippen molar-refractivity contribution in [3.63, 3.8) is 0 Å². The van der Waals surface area contributed by atoms with Crippen molar-refractivity contribution >= 4 is 27.7 Å². The quantitative estimate of drug-likeness (QED) is 0.406. The molecule has 10 heteroatoms. The number of carbonyl (C=O) groups is 3. The fourth-order valence-corrected chi connectivity index (χ4v) is 3.10. The summed E-state index contributed by atoms with van der Waals surface area (Å²) in [5.41, 5.74) is 4.19. The second-order valence-corrected chi connectivity index (χ2v) is 7.71. The van der Waals surface area contributed by atoms with E-state index >= 15 is 0 Å². The molecule has 4 N–H and O–H groups in total. The molecule has 0 aliphatic rings. The summed E-state index contributed by atoms with van der Waals surface area (Å²) >= 11 is 0. The molecule has 0 unspecified atom stereocenters. The van der Waals surface area contributed by atoms with Gasteiger partial charge in [0.2, 0.25) is 10.0 Å². The number of hydrogen-bond donors (Lipinski definition) is 4. The number of benzene rings is 1. The van der Waals surface area contributed by atoms with Gasteiger partial charge in [-0.3, -0.25) is 25.2 Å². The largest absolute Gasteiger partial charge is 0.346 e. The normalized spacial score (nSPS) is 12.3. The third-order valence-electron chi connectivity index (χ3n) is 3.31. The van der Waals surface area contributed by atoms with E-state index in [-0.39, 0.29) is 22.5 Å². The minimum absolute atomic E-state index is 0.0229. The van der Waals surface area contributed by atoms with E-state index in [1.165, 1.54) is 24.3 Å². The molecule has 0 aromatic heterocycles. The number of nitrogens with one attached hydrogen (secondary N) is 4. The number of carbonyl (C=O) groups excluding carboxylic acids is 3. The highest BCUT2D eigenvalue weighted by atomic mass is 32.2. The van der Waals surface area contributed by atoms with Gasteiger partial charge in [0.05, 0.1) is 4.90 Å². The molecule has 26 heavy (non-hydrogen) atoms. The first-order valence-electron chi connectivity index (χ1n) is 8.10. The number of rotatable bonds is 6. The van der Waals surface area contributed by atoms with Crippen molar-refractivity contribution in [1.29, 1.82) is 0 Å². The highest BCUT2D eigenvalue weighted by Crippen LogP contribution is 2.11. The van der Waals surface area contributed by atoms with E-state index in [2.05, 4.69) is 15.5 Å². The Kier molecular flexibility index (Phi) is 7.72. The molecule has 0 saturated heterocycles. The van der Waals surface area contributed by atoms with Crippen LogP contribution in [0.1, 0.15) is 44.5 Å². The van der Waals surface area contributed by atoms with E-state index in [4.69, 9.17) is 0 Å². The summed E-state index contributed by atoms with van der Waals surface area (Å²) < 4.78 is 26.8. The van der Waals surface area contributed by atoms with E-state index in [1.54, 1.807) is 20.8 Å². The lowest BCUT2D eigenvalue weighted by atomic mass is 10.2. The van der Waals surface area contributed by atoms with Crippen molar-refractivity contribution in [3.8, 4) is 0 Å². The average molecular weight is 384 g/mol. The summed E-state index contributed by atoms with van der Waals surface area (Å²) in [6.07, 6.45) is 0.643. The van der Waals surface area contributed by atoms with Gasteiger partial charge in [-0.2, -0.15) is 0 Å². The standard InChI is InChI=1S/C16H24N4O5S/c1-5-11(4)20-26(24,25)13-8-6-12(7-9-13)14(21)18-19-16(23)15(22)17-10(2)3/h6-11,20H,5H2,1-4H3,(H,17,22)(H,18,21)(H,19,23)/t11-/m1/s1. The maximum absolute atomic E-state index is 12.1. The highest BCUT2D eigenvalue weighted by Gasteiger charge is 2.18. The molecule has 1 rings (SSSR count). The van der Waals surface area contributed by atoms with Crippen molar-refractivity contribution < 1.29 is 22.8 Å². The topological polar surface area (TPSA) is 133 Å². The Morgan fingerprint density at radius 2 is 1.54 bits per heavy atom. The Bertz CT molecular complexity index is 759. The Morgan fingerprint density at radius 3 is 2.04 bits per heavy atom. The first-order chi connectivity index (χ1) is 12.1. The van der Waals surface area contributed by atoms with Crippen molar-refractivity contribution in [2.75, 3.05) is 0 Å². The predicted molar refractivity (Wildman–Crippen MR) is 95.4 cm³/mol. The molecule has 1 aromatic carbocycles. The van der Waals surface area contributed by atoms with Crippen LogP contribution in [-0.2, 0) is 19.6 Å². The van der Waals surface area contributed by atoms with Gasteiger partial charge in [0.25, 0.3) is 5.91 Å². The van der Waals surface area contributed by atoms with E-state index in [0.29, 0.717) is 6.42 Å². The van der Waals surface area contributed by atoms with E-state index in [9.17, 15) is 22.8 Å². The first kappa shape index (κ1) is 21.6. The van der Waals surface area contributed by atoms with E-state index in [0.717, 1.165) is 0 Å². The van der Waals surface area contributed by atoms with Crippen LogP contribution >= 0.6 is 0 Å². The lowest BCUT2D eigenvalue weighted by molar-refractivity contribution is -0.139. The van der Waals surface area contributed by atoms with Crippen LogP contribution in [0.3, 0.4) is 0 Å². The summed E-state index contributed by atoms with van der Waals surface area (Å²) in [7, 11) is -3.67. The molecule has 0 heterocycles. The Hall–Kier alpha value is -2.46. The first-order valence-corrected chi connectivity index (χ1v) is 9.58. The number of sulfonamides is 1. The van der Waals surface area contributed by atoms with Gasteiger partial charge in [0, 0.05) is 17.6 Å². The summed E-state index contributed by atoms with van der Waals surface area (Å²) in [5.74, 6) is -2.57. The predicted octanol–water partition coefficient (Wildman–Crippen LogP) is 0.0490. The molecule has 0 spiro atoms. The minimum atomic E-state index is -3.67. The molecule has 9 nitrogen and oxygen atoms in total. The molecule has 3 amide bonds. The van der Waals surface area contributed by atoms with Crippen LogP contribution in [0, 0.1) is 0 Å². The third kappa shape index (κ3) is 6.45. The smallest absolute Gasteiger partial charge is 0.327 e. The molecular formula is C16H24N4O5S. The van der Waals surface area contributed by atoms with Crippen LogP contribution in [0.2, 0.25) is 0 Å². The van der Waals surface area contributed by atoms with Crippen LogP contribution < -0.4 is 20.9 Å². The summed E-state index contributed by atoms with van der Waals surface area (Å²) in [6.45, 7) is 6.98. The fraction of sp³-hybridized carbons (Fsp3) is 0.438. The van der Waals surface area contributed by atoms with Gasteiger partial charge in [-0.15, -0.1) is 0 Å². The van der Waals surface area contributed by atoms with Gasteiger partial charge in [-0.05, 0) is 51.5 Å². The molecule has 0 saturated carbocycles. The zero-order valence-electron chi connectivity index (χ0n) is 15.1. The van der Waals surface area contributed by atoms with Gasteiger partial charge in [0.1, 0.15) is 0 Å². The van der Waals surface area contributed by atoms with Crippen LogP contribution in [0.4, 0.5) is 0 Å². The molecule has 0 fully saturated rings. The maximum atomic E-state index is 12.1. The van der Waals surface area contributed by atoms with Crippen molar-refractivity contribution in [1.82, 2.24) is 20.9 Å². The molecule has 0 radical (unpaired) electrons. The average Bonchev–Trinajstić information content (AvgIpc) is 2.58.